The quantitative estimate of drug-likeness (QED) is 0.665. The number of aryl methyl sites for hydroxylation is 2. The zero-order valence-corrected chi connectivity index (χ0v) is 15.7. The van der Waals surface area contributed by atoms with Gasteiger partial charge in [0.1, 0.15) is 11.9 Å². The van der Waals surface area contributed by atoms with Gasteiger partial charge in [-0.05, 0) is 50.6 Å². The fourth-order valence-electron chi connectivity index (χ4n) is 2.47. The first kappa shape index (κ1) is 18.1. The van der Waals surface area contributed by atoms with Gasteiger partial charge in [-0.2, -0.15) is 0 Å². The molecule has 0 fully saturated rings. The third kappa shape index (κ3) is 4.26. The first-order valence-corrected chi connectivity index (χ1v) is 9.16. The van der Waals surface area contributed by atoms with E-state index in [1.165, 1.54) is 6.07 Å². The van der Waals surface area contributed by atoms with E-state index in [-0.39, 0.29) is 11.7 Å². The number of nitrogens with one attached hydrogen (secondary N) is 2. The third-order valence-electron chi connectivity index (χ3n) is 4.02. The molecule has 4 nitrogen and oxygen atoms in total. The Kier molecular flexibility index (Phi) is 5.32. The average molecular weight is 369 g/mol. The molecule has 134 valence electrons. The Morgan fingerprint density at radius 2 is 1.81 bits per heavy atom. The van der Waals surface area contributed by atoms with Crippen LogP contribution in [0.2, 0.25) is 0 Å². The summed E-state index contributed by atoms with van der Waals surface area (Å²) in [4.78, 5) is 16.8. The van der Waals surface area contributed by atoms with E-state index in [4.69, 9.17) is 0 Å². The van der Waals surface area contributed by atoms with Crippen LogP contribution in [0.5, 0.6) is 0 Å². The molecule has 1 atom stereocenters. The first-order valence-electron chi connectivity index (χ1n) is 8.28. The van der Waals surface area contributed by atoms with Crippen LogP contribution in [0.25, 0.3) is 11.3 Å². The fraction of sp³-hybridized carbons (Fsp3) is 0.200. The molecule has 0 saturated carbocycles. The molecule has 0 unspecified atom stereocenters. The van der Waals surface area contributed by atoms with E-state index in [2.05, 4.69) is 15.6 Å². The van der Waals surface area contributed by atoms with Gasteiger partial charge in [-0.25, -0.2) is 9.37 Å². The molecule has 2 N–H and O–H groups in total. The Hall–Kier alpha value is -2.73. The summed E-state index contributed by atoms with van der Waals surface area (Å²) >= 11 is 1.61. The Morgan fingerprint density at radius 3 is 2.42 bits per heavy atom. The van der Waals surface area contributed by atoms with Crippen molar-refractivity contribution in [3.8, 4) is 11.3 Å². The van der Waals surface area contributed by atoms with Crippen LogP contribution < -0.4 is 10.6 Å². The second-order valence-electron chi connectivity index (χ2n) is 6.15. The average Bonchev–Trinajstić information content (AvgIpc) is 3.05. The van der Waals surface area contributed by atoms with E-state index in [0.29, 0.717) is 11.3 Å². The number of hydrogen-bond donors (Lipinski definition) is 2. The van der Waals surface area contributed by atoms with Crippen molar-refractivity contribution in [1.82, 2.24) is 4.98 Å². The van der Waals surface area contributed by atoms with Crippen molar-refractivity contribution in [2.45, 2.75) is 26.8 Å². The smallest absolute Gasteiger partial charge is 0.246 e. The number of hydrogen-bond acceptors (Lipinski definition) is 4. The number of anilines is 2. The van der Waals surface area contributed by atoms with Gasteiger partial charge in [-0.15, -0.1) is 11.3 Å². The molecule has 1 heterocycles. The van der Waals surface area contributed by atoms with Gasteiger partial charge in [0.25, 0.3) is 0 Å². The highest BCUT2D eigenvalue weighted by atomic mass is 32.1. The second-order valence-corrected chi connectivity index (χ2v) is 7.21. The molecule has 3 aromatic rings. The maximum absolute atomic E-state index is 13.6. The second kappa shape index (κ2) is 7.66. The molecule has 0 spiro atoms. The number of thiazole rings is 1. The zero-order valence-electron chi connectivity index (χ0n) is 14.8. The predicted molar refractivity (Wildman–Crippen MR) is 105 cm³/mol. The standard InChI is InChI=1S/C20H20FN3OS/c1-12-4-7-17(10-18(12)21)24-20(25)13(2)22-16-8-5-15(6-9-16)19-11-26-14(3)23-19/h4-11,13,22H,1-3H3,(H,24,25)/t13-/m0/s1. The van der Waals surface area contributed by atoms with Crippen molar-refractivity contribution in [2.75, 3.05) is 10.6 Å². The topological polar surface area (TPSA) is 54.0 Å². The molecule has 3 rings (SSSR count). The first-order chi connectivity index (χ1) is 12.4. The van der Waals surface area contributed by atoms with Gasteiger partial charge in [0.05, 0.1) is 10.7 Å². The summed E-state index contributed by atoms with van der Waals surface area (Å²) < 4.78 is 13.6. The summed E-state index contributed by atoms with van der Waals surface area (Å²) in [7, 11) is 0. The van der Waals surface area contributed by atoms with Crippen LogP contribution in [0.3, 0.4) is 0 Å². The van der Waals surface area contributed by atoms with E-state index in [9.17, 15) is 9.18 Å². The maximum Gasteiger partial charge on any atom is 0.246 e. The summed E-state index contributed by atoms with van der Waals surface area (Å²) in [6, 6.07) is 12.0. The van der Waals surface area contributed by atoms with Crippen molar-refractivity contribution < 1.29 is 9.18 Å². The molecule has 0 aliphatic heterocycles. The maximum atomic E-state index is 13.6. The summed E-state index contributed by atoms with van der Waals surface area (Å²) in [6.45, 7) is 5.42. The number of aromatic nitrogens is 1. The van der Waals surface area contributed by atoms with Crippen molar-refractivity contribution in [3.63, 3.8) is 0 Å². The van der Waals surface area contributed by atoms with E-state index in [1.54, 1.807) is 37.3 Å². The lowest BCUT2D eigenvalue weighted by Gasteiger charge is -2.16. The van der Waals surface area contributed by atoms with Crippen molar-refractivity contribution >= 4 is 28.6 Å². The van der Waals surface area contributed by atoms with Gasteiger partial charge in [-0.1, -0.05) is 18.2 Å². The van der Waals surface area contributed by atoms with E-state index in [1.807, 2.05) is 36.6 Å². The van der Waals surface area contributed by atoms with Crippen LogP contribution >= 0.6 is 11.3 Å². The molecule has 2 aromatic carbocycles. The lowest BCUT2D eigenvalue weighted by molar-refractivity contribution is -0.116. The Labute approximate surface area is 156 Å². The number of nitrogens with zero attached hydrogens (tertiary/aromatic N) is 1. The highest BCUT2D eigenvalue weighted by Gasteiger charge is 2.13. The van der Waals surface area contributed by atoms with Crippen LogP contribution in [-0.4, -0.2) is 16.9 Å². The lowest BCUT2D eigenvalue weighted by atomic mass is 10.1. The third-order valence-corrected chi connectivity index (χ3v) is 4.79. The van der Waals surface area contributed by atoms with Gasteiger partial charge < -0.3 is 10.6 Å². The van der Waals surface area contributed by atoms with Crippen LogP contribution in [0.4, 0.5) is 15.8 Å². The van der Waals surface area contributed by atoms with E-state index < -0.39 is 6.04 Å². The minimum absolute atomic E-state index is 0.229. The minimum atomic E-state index is -0.466. The van der Waals surface area contributed by atoms with Gasteiger partial charge in [0.15, 0.2) is 0 Å². The van der Waals surface area contributed by atoms with Crippen molar-refractivity contribution in [2.24, 2.45) is 0 Å². The minimum Gasteiger partial charge on any atom is -0.374 e. The molecule has 0 radical (unpaired) electrons. The number of benzene rings is 2. The molecule has 1 amide bonds. The Balaban J connectivity index is 1.62. The SMILES string of the molecule is Cc1nc(-c2ccc(N[C@@H](C)C(=O)Nc3ccc(C)c(F)c3)cc2)cs1. The molecule has 0 aliphatic carbocycles. The van der Waals surface area contributed by atoms with Crippen LogP contribution in [0, 0.1) is 19.7 Å². The number of carbonyl (C=O) groups is 1. The monoisotopic (exact) mass is 369 g/mol. The van der Waals surface area contributed by atoms with Crippen LogP contribution in [0.15, 0.2) is 47.8 Å². The summed E-state index contributed by atoms with van der Waals surface area (Å²) in [5.41, 5.74) is 3.81. The molecule has 0 bridgehead atoms. The van der Waals surface area contributed by atoms with Crippen molar-refractivity contribution in [1.29, 1.82) is 0 Å². The molecular formula is C20H20FN3OS. The van der Waals surface area contributed by atoms with E-state index >= 15 is 0 Å². The van der Waals surface area contributed by atoms with Crippen molar-refractivity contribution in [3.05, 3.63) is 64.2 Å². The molecular weight excluding hydrogens is 349 g/mol. The number of carbonyl (C=O) groups excluding carboxylic acids is 1. The summed E-state index contributed by atoms with van der Waals surface area (Å²) in [5, 5.41) is 8.92. The van der Waals surface area contributed by atoms with Gasteiger partial charge >= 0.3 is 0 Å². The van der Waals surface area contributed by atoms with Gasteiger partial charge in [0, 0.05) is 22.3 Å². The summed E-state index contributed by atoms with van der Waals surface area (Å²) in [5.74, 6) is -0.566. The summed E-state index contributed by atoms with van der Waals surface area (Å²) in [6.07, 6.45) is 0. The molecule has 0 saturated heterocycles. The molecule has 0 aliphatic rings. The fourth-order valence-corrected chi connectivity index (χ4v) is 3.09. The van der Waals surface area contributed by atoms with Crippen LogP contribution in [0.1, 0.15) is 17.5 Å². The largest absolute Gasteiger partial charge is 0.374 e. The Morgan fingerprint density at radius 1 is 1.12 bits per heavy atom. The molecule has 1 aromatic heterocycles. The highest BCUT2D eigenvalue weighted by Crippen LogP contribution is 2.23. The Bertz CT molecular complexity index is 921. The number of halogens is 1. The van der Waals surface area contributed by atoms with Gasteiger partial charge in [-0.3, -0.25) is 4.79 Å². The number of rotatable bonds is 5. The normalized spacial score (nSPS) is 11.8. The van der Waals surface area contributed by atoms with Crippen LogP contribution in [-0.2, 0) is 4.79 Å². The number of amides is 1. The zero-order chi connectivity index (χ0) is 18.7. The highest BCUT2D eigenvalue weighted by molar-refractivity contribution is 7.09. The van der Waals surface area contributed by atoms with Gasteiger partial charge in [0.2, 0.25) is 5.91 Å². The lowest BCUT2D eigenvalue weighted by Crippen LogP contribution is -2.31. The van der Waals surface area contributed by atoms with E-state index in [0.717, 1.165) is 22.0 Å². The predicted octanol–water partition coefficient (Wildman–Crippen LogP) is 5.01. The molecule has 6 heteroatoms. The molecule has 26 heavy (non-hydrogen) atoms.